The Morgan fingerprint density at radius 3 is 2.00 bits per heavy atom. The van der Waals surface area contributed by atoms with Gasteiger partial charge >= 0.3 is 0 Å². The van der Waals surface area contributed by atoms with Crippen molar-refractivity contribution in [3.63, 3.8) is 0 Å². The second-order valence-corrected chi connectivity index (χ2v) is 22.9. The molecule has 5 aromatic carbocycles. The molecular weight excluding hydrogens is 893 g/mol. The molecule has 0 unspecified atom stereocenters. The minimum atomic E-state index is -1.57. The summed E-state index contributed by atoms with van der Waals surface area (Å²) in [5.74, 6) is 0. The molecule has 0 N–H and O–H groups in total. The first kappa shape index (κ1) is 38.4. The zero-order valence-electron chi connectivity index (χ0n) is 35.5. The van der Waals surface area contributed by atoms with Crippen LogP contribution < -0.4 is 5.19 Å². The van der Waals surface area contributed by atoms with Crippen LogP contribution in [0.1, 0.15) is 65.2 Å². The van der Waals surface area contributed by atoms with Gasteiger partial charge in [0.25, 0.3) is 0 Å². The molecule has 0 saturated carbocycles. The molecule has 1 radical (unpaired) electrons. The van der Waals surface area contributed by atoms with Crippen molar-refractivity contribution in [2.75, 3.05) is 0 Å². The van der Waals surface area contributed by atoms with Crippen LogP contribution >= 0.6 is 11.3 Å². The number of fused-ring (bicyclic) bond motifs is 3. The van der Waals surface area contributed by atoms with Gasteiger partial charge in [-0.25, -0.2) is 0 Å². The van der Waals surface area contributed by atoms with E-state index in [9.17, 15) is 0 Å². The van der Waals surface area contributed by atoms with Crippen LogP contribution in [-0.2, 0) is 37.3 Å². The van der Waals surface area contributed by atoms with E-state index in [-0.39, 0.29) is 30.9 Å². The quantitative estimate of drug-likeness (QED) is 0.118. The molecule has 0 atom stereocenters. The monoisotopic (exact) mass is 945 g/mol. The zero-order chi connectivity index (χ0) is 40.6. The van der Waals surface area contributed by atoms with Gasteiger partial charge in [-0.05, 0) is 72.8 Å². The number of hydrogen-bond acceptors (Lipinski definition) is 3. The Labute approximate surface area is 355 Å². The number of thiophene rings is 1. The average molecular weight is 945 g/mol. The third-order valence-corrected chi connectivity index (χ3v) is 13.5. The first-order valence-corrected chi connectivity index (χ1v) is 23.3. The third kappa shape index (κ3) is 9.36. The van der Waals surface area contributed by atoms with Crippen molar-refractivity contribution < 1.29 is 22.8 Å². The van der Waals surface area contributed by atoms with E-state index < -0.39 is 14.4 Å². The average Bonchev–Trinajstić information content (AvgIpc) is 3.59. The fourth-order valence-electron chi connectivity index (χ4n) is 6.70. The van der Waals surface area contributed by atoms with Crippen molar-refractivity contribution in [1.82, 2.24) is 9.97 Å². The van der Waals surface area contributed by atoms with Crippen molar-refractivity contribution in [2.45, 2.75) is 71.5 Å². The van der Waals surface area contributed by atoms with Gasteiger partial charge in [0.1, 0.15) is 0 Å². The first-order valence-electron chi connectivity index (χ1n) is 20.0. The van der Waals surface area contributed by atoms with E-state index in [4.69, 9.17) is 7.73 Å². The molecule has 0 spiro atoms. The van der Waals surface area contributed by atoms with Crippen LogP contribution in [0.2, 0.25) is 19.6 Å². The number of aromatic nitrogens is 2. The molecule has 0 saturated heterocycles. The Morgan fingerprint density at radius 1 is 0.625 bits per heavy atom. The van der Waals surface area contributed by atoms with Gasteiger partial charge in [-0.15, -0.1) is 59.2 Å². The van der Waals surface area contributed by atoms with Crippen molar-refractivity contribution in [3.05, 3.63) is 186 Å². The minimum absolute atomic E-state index is 0. The second-order valence-electron chi connectivity index (χ2n) is 16.8. The summed E-state index contributed by atoms with van der Waals surface area (Å²) in [6, 6.07) is 52.1. The first-order chi connectivity index (χ1) is 27.0. The number of pyridine rings is 2. The summed E-state index contributed by atoms with van der Waals surface area (Å²) in [6.45, 7) is 18.2. The van der Waals surface area contributed by atoms with Crippen molar-refractivity contribution in [3.8, 4) is 22.5 Å². The topological polar surface area (TPSA) is 25.8 Å². The summed E-state index contributed by atoms with van der Waals surface area (Å²) in [6.07, 6.45) is 2.16. The molecule has 3 aromatic heterocycles. The SMILES string of the molecule is CC(C)(c1ccccc1)c1ccc2sc3c[c-]c(-c4ccc([Si](C)(C)C)cn4)cc3c2c1.[2H]C([2H])(c1ccccc1)c1ccnc(-c2[c-]ccc(C(C)(C)C)c2)c1.[Ir]. The predicted octanol–water partition coefficient (Wildman–Crippen LogP) is 13.2. The summed E-state index contributed by atoms with van der Waals surface area (Å²) in [5, 5.41) is 4.00. The van der Waals surface area contributed by atoms with Gasteiger partial charge in [-0.1, -0.05) is 151 Å². The van der Waals surface area contributed by atoms with Gasteiger partial charge < -0.3 is 9.97 Å². The number of nitrogens with zero attached hydrogens (tertiary/aromatic N) is 2. The Balaban J connectivity index is 0.000000198. The molecule has 0 aliphatic heterocycles. The van der Waals surface area contributed by atoms with E-state index in [2.05, 4.69) is 163 Å². The second kappa shape index (κ2) is 16.9. The van der Waals surface area contributed by atoms with E-state index in [1.807, 2.05) is 53.8 Å². The van der Waals surface area contributed by atoms with Crippen LogP contribution in [0.15, 0.2) is 146 Å². The van der Waals surface area contributed by atoms with Crippen LogP contribution in [-0.4, -0.2) is 18.0 Å². The Morgan fingerprint density at radius 2 is 1.32 bits per heavy atom. The Bertz CT molecular complexity index is 2640. The maximum atomic E-state index is 8.54. The zero-order valence-corrected chi connectivity index (χ0v) is 37.7. The summed E-state index contributed by atoms with van der Waals surface area (Å²) < 4.78 is 19.7. The largest absolute Gasteiger partial charge is 0.305 e. The fourth-order valence-corrected chi connectivity index (χ4v) is 8.78. The maximum Gasteiger partial charge on any atom is 0.0795 e. The number of rotatable bonds is 7. The normalized spacial score (nSPS) is 12.6. The van der Waals surface area contributed by atoms with E-state index in [1.165, 1.54) is 42.0 Å². The van der Waals surface area contributed by atoms with Crippen molar-refractivity contribution in [1.29, 1.82) is 0 Å². The van der Waals surface area contributed by atoms with Crippen LogP contribution in [0.3, 0.4) is 0 Å². The molecule has 0 bridgehead atoms. The van der Waals surface area contributed by atoms with Crippen LogP contribution in [0, 0.1) is 12.1 Å². The van der Waals surface area contributed by atoms with Gasteiger partial charge in [0.05, 0.1) is 8.07 Å². The van der Waals surface area contributed by atoms with Crippen molar-refractivity contribution in [2.24, 2.45) is 0 Å². The molecule has 285 valence electrons. The number of hydrogen-bond donors (Lipinski definition) is 0. The Hall–Kier alpha value is -4.51. The molecule has 8 aromatic rings. The molecule has 0 aliphatic carbocycles. The van der Waals surface area contributed by atoms with Crippen LogP contribution in [0.4, 0.5) is 0 Å². The Kier molecular flexibility index (Phi) is 11.6. The summed E-state index contributed by atoms with van der Waals surface area (Å²) in [4.78, 5) is 9.23. The summed E-state index contributed by atoms with van der Waals surface area (Å²) in [5.41, 5.74) is 8.78. The molecule has 5 heteroatoms. The van der Waals surface area contributed by atoms with E-state index in [0.717, 1.165) is 22.5 Å². The molecule has 3 heterocycles. The predicted molar refractivity (Wildman–Crippen MR) is 239 cm³/mol. The maximum absolute atomic E-state index is 8.54. The molecular formula is C51H50IrN2SSi-2. The van der Waals surface area contributed by atoms with Gasteiger partial charge in [0.2, 0.25) is 0 Å². The fraction of sp³-hybridized carbons (Fsp3) is 0.216. The van der Waals surface area contributed by atoms with E-state index in [1.54, 1.807) is 12.3 Å². The molecule has 0 fully saturated rings. The van der Waals surface area contributed by atoms with Gasteiger partial charge in [-0.2, -0.15) is 11.3 Å². The van der Waals surface area contributed by atoms with Crippen LogP contribution in [0.5, 0.6) is 0 Å². The minimum Gasteiger partial charge on any atom is -0.305 e. The van der Waals surface area contributed by atoms with Crippen molar-refractivity contribution >= 4 is 44.8 Å². The van der Waals surface area contributed by atoms with Crippen LogP contribution in [0.25, 0.3) is 42.7 Å². The molecule has 0 aliphatic rings. The van der Waals surface area contributed by atoms with Gasteiger partial charge in [0, 0.05) is 45.4 Å². The summed E-state index contributed by atoms with van der Waals surface area (Å²) >= 11 is 1.84. The van der Waals surface area contributed by atoms with Gasteiger partial charge in [-0.3, -0.25) is 0 Å². The third-order valence-electron chi connectivity index (χ3n) is 10.3. The number of benzene rings is 5. The summed E-state index contributed by atoms with van der Waals surface area (Å²) in [7, 11) is -1.35. The van der Waals surface area contributed by atoms with Gasteiger partial charge in [0.15, 0.2) is 0 Å². The smallest absolute Gasteiger partial charge is 0.0795 e. The standard InChI is InChI=1S/C29H28NSSi.C22H22N.Ir/c1-29(2,21-9-7-6-8-10-21)22-12-16-28-25(18-22)24-17-20(11-15-27(24)31-28)26-14-13-23(19-30-26)32(3,4)5;1-22(2,3)20-11-7-10-19(16-20)21-15-18(12-13-23-21)14-17-8-5-4-6-9-17;/h6-10,12-19H,1-5H3;4-9,11-13,15-16H,14H2,1-3H3;/q2*-1;/i;14D2;. The van der Waals surface area contributed by atoms with E-state index in [0.29, 0.717) is 11.1 Å². The molecule has 2 nitrogen and oxygen atoms in total. The molecule has 8 rings (SSSR count). The van der Waals surface area contributed by atoms with E-state index >= 15 is 0 Å². The molecule has 0 amide bonds. The molecule has 56 heavy (non-hydrogen) atoms.